The molecule has 0 spiro atoms. The molecular weight excluding hydrogens is 594 g/mol. The van der Waals surface area contributed by atoms with Crippen LogP contribution >= 0.6 is 0 Å². The van der Waals surface area contributed by atoms with Gasteiger partial charge < -0.3 is 10.4 Å². The molecule has 0 aromatic heterocycles. The summed E-state index contributed by atoms with van der Waals surface area (Å²) in [5, 5.41) is 13.2. The summed E-state index contributed by atoms with van der Waals surface area (Å²) in [4.78, 5) is 12.5. The highest BCUT2D eigenvalue weighted by Crippen LogP contribution is 2.14. The van der Waals surface area contributed by atoms with Crippen LogP contribution in [0.15, 0.2) is 36.5 Å². The third-order valence-corrected chi connectivity index (χ3v) is 9.34. The number of hydrogen-bond donors (Lipinski definition) is 3. The summed E-state index contributed by atoms with van der Waals surface area (Å²) < 4.78 is 32.4. The zero-order valence-corrected chi connectivity index (χ0v) is 30.8. The Labute approximate surface area is 285 Å². The second-order valence-electron chi connectivity index (χ2n) is 13.2. The quantitative estimate of drug-likeness (QED) is 0.0360. The third kappa shape index (κ3) is 33.9. The number of hydrogen-bond acceptors (Lipinski definition) is 4. The molecule has 2 unspecified atom stereocenters. The maximum absolute atomic E-state index is 12.5. The molecule has 7 heteroatoms. The average Bonchev–Trinajstić information content (AvgIpc) is 3.01. The molecule has 0 aliphatic heterocycles. The van der Waals surface area contributed by atoms with Crippen LogP contribution in [-0.4, -0.2) is 41.9 Å². The number of amides is 1. The molecule has 0 aromatic carbocycles. The van der Waals surface area contributed by atoms with Gasteiger partial charge in [-0.25, -0.2) is 0 Å². The van der Waals surface area contributed by atoms with E-state index in [0.29, 0.717) is 6.42 Å². The molecule has 0 heterocycles. The van der Waals surface area contributed by atoms with Crippen LogP contribution in [0.1, 0.15) is 187 Å². The van der Waals surface area contributed by atoms with Crippen molar-refractivity contribution in [3.05, 3.63) is 36.5 Å². The Morgan fingerprint density at radius 2 is 1.00 bits per heavy atom. The van der Waals surface area contributed by atoms with E-state index in [9.17, 15) is 22.9 Å². The molecule has 0 radical (unpaired) electrons. The summed E-state index contributed by atoms with van der Waals surface area (Å²) in [5.41, 5.74) is 0. The second kappa shape index (κ2) is 33.5. The summed E-state index contributed by atoms with van der Waals surface area (Å²) >= 11 is 0. The first-order chi connectivity index (χ1) is 22.3. The second-order valence-corrected chi connectivity index (χ2v) is 14.7. The van der Waals surface area contributed by atoms with E-state index in [1.807, 2.05) is 6.08 Å². The highest BCUT2D eigenvalue weighted by Gasteiger charge is 2.24. The van der Waals surface area contributed by atoms with Gasteiger partial charge >= 0.3 is 0 Å². The van der Waals surface area contributed by atoms with E-state index in [1.165, 1.54) is 103 Å². The molecule has 0 aliphatic carbocycles. The van der Waals surface area contributed by atoms with Crippen molar-refractivity contribution in [1.82, 2.24) is 5.32 Å². The van der Waals surface area contributed by atoms with Gasteiger partial charge in [0.05, 0.1) is 17.9 Å². The van der Waals surface area contributed by atoms with Gasteiger partial charge in [0.25, 0.3) is 10.1 Å². The highest BCUT2D eigenvalue weighted by atomic mass is 32.2. The third-order valence-electron chi connectivity index (χ3n) is 8.56. The summed E-state index contributed by atoms with van der Waals surface area (Å²) in [6.07, 6.45) is 42.6. The molecule has 0 bridgehead atoms. The Bertz CT molecular complexity index is 868. The van der Waals surface area contributed by atoms with E-state index in [1.54, 1.807) is 6.08 Å². The van der Waals surface area contributed by atoms with Crippen molar-refractivity contribution in [2.45, 2.75) is 199 Å². The van der Waals surface area contributed by atoms with E-state index in [-0.39, 0.29) is 12.3 Å². The smallest absolute Gasteiger partial charge is 0.267 e. The van der Waals surface area contributed by atoms with E-state index < -0.39 is 28.0 Å². The fraction of sp³-hybridized carbons (Fsp3) is 0.821. The van der Waals surface area contributed by atoms with Crippen LogP contribution in [-0.2, 0) is 14.9 Å². The molecule has 46 heavy (non-hydrogen) atoms. The molecule has 0 aliphatic rings. The Morgan fingerprint density at radius 3 is 1.48 bits per heavy atom. The van der Waals surface area contributed by atoms with Gasteiger partial charge in [-0.3, -0.25) is 9.35 Å². The fourth-order valence-electron chi connectivity index (χ4n) is 5.64. The Balaban J connectivity index is 3.98. The number of rotatable bonds is 34. The minimum Gasteiger partial charge on any atom is -0.387 e. The van der Waals surface area contributed by atoms with Crippen molar-refractivity contribution in [3.63, 3.8) is 0 Å². The van der Waals surface area contributed by atoms with Crippen LogP contribution in [0.5, 0.6) is 0 Å². The van der Waals surface area contributed by atoms with Crippen molar-refractivity contribution in [2.75, 3.05) is 5.75 Å². The summed E-state index contributed by atoms with van der Waals surface area (Å²) in [6.45, 7) is 4.47. The van der Waals surface area contributed by atoms with Gasteiger partial charge in [0, 0.05) is 6.42 Å². The van der Waals surface area contributed by atoms with E-state index >= 15 is 0 Å². The first kappa shape index (κ1) is 44.6. The molecule has 270 valence electrons. The molecule has 0 rings (SSSR count). The summed E-state index contributed by atoms with van der Waals surface area (Å²) in [5.74, 6) is -0.996. The molecule has 0 saturated heterocycles. The Morgan fingerprint density at radius 1 is 0.587 bits per heavy atom. The number of aliphatic hydroxyl groups is 1. The van der Waals surface area contributed by atoms with Crippen molar-refractivity contribution in [1.29, 1.82) is 0 Å². The first-order valence-electron chi connectivity index (χ1n) is 19.2. The van der Waals surface area contributed by atoms with Crippen molar-refractivity contribution >= 4 is 16.0 Å². The monoisotopic (exact) mass is 668 g/mol. The molecule has 3 N–H and O–H groups in total. The molecule has 0 saturated carbocycles. The lowest BCUT2D eigenvalue weighted by molar-refractivity contribution is -0.122. The molecule has 1 amide bonds. The number of aliphatic hydroxyl groups excluding tert-OH is 1. The minimum absolute atomic E-state index is 0.280. The van der Waals surface area contributed by atoms with Crippen LogP contribution < -0.4 is 5.32 Å². The number of unbranched alkanes of at least 4 members (excludes halogenated alkanes) is 22. The maximum Gasteiger partial charge on any atom is 0.267 e. The normalized spacial score (nSPS) is 13.7. The number of allylic oxidation sites excluding steroid dienone is 5. The van der Waals surface area contributed by atoms with Crippen molar-refractivity contribution in [3.8, 4) is 0 Å². The zero-order valence-electron chi connectivity index (χ0n) is 29.9. The lowest BCUT2D eigenvalue weighted by Crippen LogP contribution is -2.46. The van der Waals surface area contributed by atoms with Gasteiger partial charge in [-0.05, 0) is 44.9 Å². The van der Waals surface area contributed by atoms with Gasteiger partial charge in [-0.2, -0.15) is 8.42 Å². The van der Waals surface area contributed by atoms with Crippen molar-refractivity contribution in [2.24, 2.45) is 0 Å². The maximum atomic E-state index is 12.5. The number of carbonyl (C=O) groups excluding carboxylic acids is 1. The van der Waals surface area contributed by atoms with Gasteiger partial charge in [-0.15, -0.1) is 0 Å². The van der Waals surface area contributed by atoms with Gasteiger partial charge in [0.1, 0.15) is 0 Å². The largest absolute Gasteiger partial charge is 0.387 e. The highest BCUT2D eigenvalue weighted by molar-refractivity contribution is 7.85. The summed E-state index contributed by atoms with van der Waals surface area (Å²) in [6, 6.07) is -1.06. The lowest BCUT2D eigenvalue weighted by atomic mass is 10.0. The van der Waals surface area contributed by atoms with Crippen molar-refractivity contribution < 1.29 is 22.9 Å². The molecule has 0 aromatic rings. The average molecular weight is 668 g/mol. The minimum atomic E-state index is -4.34. The van der Waals surface area contributed by atoms with Crippen LogP contribution in [0, 0.1) is 0 Å². The molecule has 0 fully saturated rings. The molecule has 6 nitrogen and oxygen atoms in total. The zero-order chi connectivity index (χ0) is 34.0. The standard InChI is InChI=1S/C39H73NO5S/c1-3-5-7-9-11-13-15-17-19-20-21-22-24-26-28-30-32-34-38(41)37(36-46(43,44)45)40-39(42)35-33-31-29-27-25-23-18-16-14-12-10-8-6-4-2/h10,12,16,18,32,34,37-38,41H,3-9,11,13-15,17,19-31,33,35-36H2,1-2H3,(H,40,42)(H,43,44,45)/b12-10-,18-16-,34-32+. The van der Waals surface area contributed by atoms with Gasteiger partial charge in [0.15, 0.2) is 0 Å². The Hall–Kier alpha value is -1.44. The Kier molecular flexibility index (Phi) is 32.4. The number of nitrogens with one attached hydrogen (secondary N) is 1. The predicted molar refractivity (Wildman–Crippen MR) is 198 cm³/mol. The SMILES string of the molecule is CCCC/C=C\C/C=C\CCCCCCCC(=O)NC(CS(=O)(=O)O)C(O)/C=C/CCCCCCCCCCCCCCCCC. The van der Waals surface area contributed by atoms with Gasteiger partial charge in [-0.1, -0.05) is 172 Å². The van der Waals surface area contributed by atoms with Gasteiger partial charge in [0.2, 0.25) is 5.91 Å². The van der Waals surface area contributed by atoms with E-state index in [2.05, 4.69) is 43.5 Å². The van der Waals surface area contributed by atoms with E-state index in [0.717, 1.165) is 57.8 Å². The van der Waals surface area contributed by atoms with Crippen LogP contribution in [0.25, 0.3) is 0 Å². The molecular formula is C39H73NO5S. The topological polar surface area (TPSA) is 104 Å². The summed E-state index contributed by atoms with van der Waals surface area (Å²) in [7, 11) is -4.34. The fourth-order valence-corrected chi connectivity index (χ4v) is 6.38. The number of carbonyl (C=O) groups is 1. The molecule has 2 atom stereocenters. The lowest BCUT2D eigenvalue weighted by Gasteiger charge is -2.21. The van der Waals surface area contributed by atoms with Crippen LogP contribution in [0.4, 0.5) is 0 Å². The first-order valence-corrected chi connectivity index (χ1v) is 20.8. The van der Waals surface area contributed by atoms with E-state index in [4.69, 9.17) is 0 Å². The van der Waals surface area contributed by atoms with Crippen LogP contribution in [0.2, 0.25) is 0 Å². The van der Waals surface area contributed by atoms with Crippen LogP contribution in [0.3, 0.4) is 0 Å². The predicted octanol–water partition coefficient (Wildman–Crippen LogP) is 11.0.